The van der Waals surface area contributed by atoms with Crippen molar-refractivity contribution in [3.8, 4) is 0 Å². The van der Waals surface area contributed by atoms with Gasteiger partial charge < -0.3 is 0 Å². The van der Waals surface area contributed by atoms with Crippen LogP contribution in [0.15, 0.2) is 0 Å². The predicted molar refractivity (Wildman–Crippen MR) is 40.8 cm³/mol. The molecule has 0 aliphatic carbocycles. The molecule has 0 saturated carbocycles. The van der Waals surface area contributed by atoms with E-state index in [2.05, 4.69) is 10.2 Å². The summed E-state index contributed by atoms with van der Waals surface area (Å²) in [5.41, 5.74) is 1.95. The second kappa shape index (κ2) is 4.78. The van der Waals surface area contributed by atoms with Crippen LogP contribution in [0.3, 0.4) is 0 Å². The number of halogens is 3. The second-order valence-electron chi connectivity index (χ2n) is 3.40. The Morgan fingerprint density at radius 2 is 1.69 bits per heavy atom. The van der Waals surface area contributed by atoms with E-state index in [-0.39, 0.29) is 6.54 Å². The van der Waals surface area contributed by atoms with Gasteiger partial charge in [-0.2, -0.15) is 5.48 Å². The van der Waals surface area contributed by atoms with Crippen molar-refractivity contribution in [1.29, 1.82) is 0 Å². The lowest BCUT2D eigenvalue weighted by molar-refractivity contribution is -0.325. The van der Waals surface area contributed by atoms with Gasteiger partial charge in [0, 0.05) is 6.54 Å². The van der Waals surface area contributed by atoms with Crippen molar-refractivity contribution >= 4 is 0 Å². The SMILES string of the molecule is CC(C)(C)ONCCOC(F)(F)F. The number of hydrogen-bond donors (Lipinski definition) is 1. The lowest BCUT2D eigenvalue weighted by Gasteiger charge is -2.19. The molecule has 0 spiro atoms. The largest absolute Gasteiger partial charge is 0.522 e. The van der Waals surface area contributed by atoms with Gasteiger partial charge in [0.1, 0.15) is 0 Å². The molecule has 0 aliphatic heterocycles. The summed E-state index contributed by atoms with van der Waals surface area (Å²) in [6.07, 6.45) is -4.57. The third-order valence-electron chi connectivity index (χ3n) is 0.848. The van der Waals surface area contributed by atoms with Gasteiger partial charge in [-0.3, -0.25) is 9.57 Å². The Hall–Kier alpha value is -0.330. The standard InChI is InChI=1S/C7H14F3NO2/c1-6(2,3)13-11-4-5-12-7(8,9)10/h11H,4-5H2,1-3H3. The topological polar surface area (TPSA) is 30.5 Å². The van der Waals surface area contributed by atoms with E-state index in [1.54, 1.807) is 20.8 Å². The number of nitrogens with one attached hydrogen (secondary N) is 1. The van der Waals surface area contributed by atoms with E-state index in [1.165, 1.54) is 0 Å². The molecule has 0 unspecified atom stereocenters. The Bertz CT molecular complexity index is 126. The molecule has 0 heterocycles. The maximum atomic E-state index is 11.4. The van der Waals surface area contributed by atoms with Crippen molar-refractivity contribution in [2.45, 2.75) is 32.7 Å². The fourth-order valence-corrected chi connectivity index (χ4v) is 0.476. The Labute approximate surface area is 75.2 Å². The minimum atomic E-state index is -4.57. The van der Waals surface area contributed by atoms with Gasteiger partial charge in [0.15, 0.2) is 0 Å². The van der Waals surface area contributed by atoms with E-state index in [4.69, 9.17) is 4.84 Å². The van der Waals surface area contributed by atoms with E-state index >= 15 is 0 Å². The molecule has 13 heavy (non-hydrogen) atoms. The van der Waals surface area contributed by atoms with Crippen LogP contribution in [0.2, 0.25) is 0 Å². The summed E-state index contributed by atoms with van der Waals surface area (Å²) in [4.78, 5) is 4.95. The van der Waals surface area contributed by atoms with Crippen molar-refractivity contribution in [3.05, 3.63) is 0 Å². The van der Waals surface area contributed by atoms with Crippen LogP contribution in [0.25, 0.3) is 0 Å². The van der Waals surface area contributed by atoms with Gasteiger partial charge in [-0.15, -0.1) is 13.2 Å². The fourth-order valence-electron chi connectivity index (χ4n) is 0.476. The lowest BCUT2D eigenvalue weighted by atomic mass is 10.2. The zero-order chi connectivity index (χ0) is 10.5. The molecule has 0 aliphatic rings. The Morgan fingerprint density at radius 1 is 1.15 bits per heavy atom. The van der Waals surface area contributed by atoms with Crippen molar-refractivity contribution in [2.75, 3.05) is 13.2 Å². The molecule has 0 atom stereocenters. The third kappa shape index (κ3) is 11.7. The molecule has 0 aromatic carbocycles. The molecule has 0 bridgehead atoms. The number of ether oxygens (including phenoxy) is 1. The summed E-state index contributed by atoms with van der Waals surface area (Å²) in [7, 11) is 0. The zero-order valence-corrected chi connectivity index (χ0v) is 7.86. The maximum Gasteiger partial charge on any atom is 0.522 e. The highest BCUT2D eigenvalue weighted by molar-refractivity contribution is 4.56. The first-order valence-corrected chi connectivity index (χ1v) is 3.82. The van der Waals surface area contributed by atoms with Crippen molar-refractivity contribution in [3.63, 3.8) is 0 Å². The Kier molecular flexibility index (Phi) is 4.66. The van der Waals surface area contributed by atoms with Crippen LogP contribution in [0.4, 0.5) is 13.2 Å². The highest BCUT2D eigenvalue weighted by Gasteiger charge is 2.28. The van der Waals surface area contributed by atoms with Crippen LogP contribution in [0.1, 0.15) is 20.8 Å². The summed E-state index contributed by atoms with van der Waals surface area (Å²) < 4.78 is 37.8. The molecular weight excluding hydrogens is 187 g/mol. The number of rotatable bonds is 4. The van der Waals surface area contributed by atoms with E-state index in [0.717, 1.165) is 0 Å². The molecule has 3 nitrogen and oxygen atoms in total. The first-order valence-electron chi connectivity index (χ1n) is 3.82. The number of alkyl halides is 3. The van der Waals surface area contributed by atoms with Crippen LogP contribution in [-0.2, 0) is 9.57 Å². The van der Waals surface area contributed by atoms with E-state index in [1.807, 2.05) is 0 Å². The summed E-state index contributed by atoms with van der Waals surface area (Å²) >= 11 is 0. The van der Waals surface area contributed by atoms with Gasteiger partial charge in [-0.1, -0.05) is 0 Å². The molecule has 1 N–H and O–H groups in total. The molecule has 0 fully saturated rings. The van der Waals surface area contributed by atoms with Gasteiger partial charge in [0.25, 0.3) is 0 Å². The first-order chi connectivity index (χ1) is 5.71. The van der Waals surface area contributed by atoms with Gasteiger partial charge >= 0.3 is 6.36 Å². The van der Waals surface area contributed by atoms with Crippen LogP contribution >= 0.6 is 0 Å². The van der Waals surface area contributed by atoms with Crippen molar-refractivity contribution in [1.82, 2.24) is 5.48 Å². The summed E-state index contributed by atoms with van der Waals surface area (Å²) in [6.45, 7) is 4.89. The van der Waals surface area contributed by atoms with Crippen LogP contribution < -0.4 is 5.48 Å². The predicted octanol–water partition coefficient (Wildman–Crippen LogP) is 1.84. The van der Waals surface area contributed by atoms with Gasteiger partial charge in [-0.25, -0.2) is 0 Å². The normalized spacial score (nSPS) is 13.4. The molecule has 0 aromatic rings. The van der Waals surface area contributed by atoms with Crippen molar-refractivity contribution < 1.29 is 22.7 Å². The highest BCUT2D eigenvalue weighted by atomic mass is 19.4. The van der Waals surface area contributed by atoms with E-state index in [9.17, 15) is 13.2 Å². The molecule has 0 amide bonds. The molecule has 0 rings (SSSR count). The number of hydroxylamine groups is 1. The Balaban J connectivity index is 3.28. The summed E-state index contributed by atoms with van der Waals surface area (Å²) in [5.74, 6) is 0. The monoisotopic (exact) mass is 201 g/mol. The smallest absolute Gasteiger partial charge is 0.296 e. The second-order valence-corrected chi connectivity index (χ2v) is 3.40. The third-order valence-corrected chi connectivity index (χ3v) is 0.848. The Morgan fingerprint density at radius 3 is 2.08 bits per heavy atom. The minimum absolute atomic E-state index is 0.00319. The van der Waals surface area contributed by atoms with Gasteiger partial charge in [-0.05, 0) is 20.8 Å². The van der Waals surface area contributed by atoms with Gasteiger partial charge in [0.2, 0.25) is 0 Å². The lowest BCUT2D eigenvalue weighted by Crippen LogP contribution is -2.32. The highest BCUT2D eigenvalue weighted by Crippen LogP contribution is 2.15. The number of hydrogen-bond acceptors (Lipinski definition) is 3. The molecule has 6 heteroatoms. The average Bonchev–Trinajstić information content (AvgIpc) is 1.81. The first kappa shape index (κ1) is 12.7. The van der Waals surface area contributed by atoms with Crippen molar-refractivity contribution in [2.24, 2.45) is 0 Å². The van der Waals surface area contributed by atoms with E-state index < -0.39 is 18.6 Å². The summed E-state index contributed by atoms with van der Waals surface area (Å²) in [6, 6.07) is 0. The van der Waals surface area contributed by atoms with Gasteiger partial charge in [0.05, 0.1) is 12.2 Å². The van der Waals surface area contributed by atoms with Crippen LogP contribution in [0.5, 0.6) is 0 Å². The summed E-state index contributed by atoms with van der Waals surface area (Å²) in [5, 5.41) is 0. The zero-order valence-electron chi connectivity index (χ0n) is 7.86. The molecular formula is C7H14F3NO2. The maximum absolute atomic E-state index is 11.4. The fraction of sp³-hybridized carbons (Fsp3) is 1.00. The van der Waals surface area contributed by atoms with Crippen LogP contribution in [-0.4, -0.2) is 25.1 Å². The molecule has 0 saturated heterocycles. The molecule has 0 radical (unpaired) electrons. The quantitative estimate of drug-likeness (QED) is 0.556. The minimum Gasteiger partial charge on any atom is -0.296 e. The van der Waals surface area contributed by atoms with Crippen LogP contribution in [0, 0.1) is 0 Å². The molecule has 80 valence electrons. The average molecular weight is 201 g/mol. The molecule has 0 aromatic heterocycles. The van der Waals surface area contributed by atoms with E-state index in [0.29, 0.717) is 0 Å².